The van der Waals surface area contributed by atoms with Crippen molar-refractivity contribution in [3.05, 3.63) is 50.6 Å². The summed E-state index contributed by atoms with van der Waals surface area (Å²) in [6.07, 6.45) is 0. The predicted molar refractivity (Wildman–Crippen MR) is 87.4 cm³/mol. The molecule has 0 aliphatic heterocycles. The van der Waals surface area contributed by atoms with E-state index in [4.69, 9.17) is 4.74 Å². The number of para-hydroxylation sites is 1. The van der Waals surface area contributed by atoms with E-state index in [1.54, 1.807) is 24.3 Å². The molecule has 0 spiro atoms. The fraction of sp³-hybridized carbons (Fsp3) is 0.133. The standard InChI is InChI=1S/C15H12BrNO4S/c1-9(18)12-6-7-13(22-12)15(20)21-8-14(19)17-11-5-3-2-4-10(11)16/h2-7H,8H2,1H3,(H,17,19). The Hall–Kier alpha value is -1.99. The fourth-order valence-corrected chi connectivity index (χ4v) is 2.77. The Morgan fingerprint density at radius 2 is 1.82 bits per heavy atom. The van der Waals surface area contributed by atoms with Crippen molar-refractivity contribution in [3.63, 3.8) is 0 Å². The van der Waals surface area contributed by atoms with Gasteiger partial charge in [0.05, 0.1) is 10.6 Å². The van der Waals surface area contributed by atoms with Gasteiger partial charge in [0, 0.05) is 4.47 Å². The van der Waals surface area contributed by atoms with E-state index in [9.17, 15) is 14.4 Å². The molecule has 114 valence electrons. The van der Waals surface area contributed by atoms with E-state index in [0.717, 1.165) is 15.8 Å². The molecular weight excluding hydrogens is 370 g/mol. The summed E-state index contributed by atoms with van der Waals surface area (Å²) in [6, 6.07) is 10.2. The first-order valence-electron chi connectivity index (χ1n) is 6.29. The highest BCUT2D eigenvalue weighted by molar-refractivity contribution is 9.10. The van der Waals surface area contributed by atoms with Crippen LogP contribution in [0.15, 0.2) is 40.9 Å². The lowest BCUT2D eigenvalue weighted by Gasteiger charge is -2.07. The maximum atomic E-state index is 11.8. The Morgan fingerprint density at radius 1 is 1.14 bits per heavy atom. The van der Waals surface area contributed by atoms with Crippen LogP contribution in [0.5, 0.6) is 0 Å². The zero-order chi connectivity index (χ0) is 16.1. The van der Waals surface area contributed by atoms with Gasteiger partial charge in [0.25, 0.3) is 5.91 Å². The van der Waals surface area contributed by atoms with Gasteiger partial charge >= 0.3 is 5.97 Å². The first kappa shape index (κ1) is 16.4. The summed E-state index contributed by atoms with van der Waals surface area (Å²) in [6.45, 7) is 1.03. The van der Waals surface area contributed by atoms with Gasteiger partial charge in [-0.25, -0.2) is 4.79 Å². The van der Waals surface area contributed by atoms with Crippen molar-refractivity contribution in [3.8, 4) is 0 Å². The maximum absolute atomic E-state index is 11.8. The number of ether oxygens (including phenoxy) is 1. The number of carbonyl (C=O) groups is 3. The average Bonchev–Trinajstić information content (AvgIpc) is 2.97. The third-order valence-corrected chi connectivity index (χ3v) is 4.49. The van der Waals surface area contributed by atoms with Crippen LogP contribution < -0.4 is 5.32 Å². The molecule has 0 aliphatic rings. The van der Waals surface area contributed by atoms with Crippen LogP contribution in [-0.2, 0) is 9.53 Å². The molecule has 0 radical (unpaired) electrons. The van der Waals surface area contributed by atoms with Crippen molar-refractivity contribution in [2.75, 3.05) is 11.9 Å². The average molecular weight is 382 g/mol. The zero-order valence-corrected chi connectivity index (χ0v) is 14.0. The lowest BCUT2D eigenvalue weighted by atomic mass is 10.3. The van der Waals surface area contributed by atoms with Crippen molar-refractivity contribution >= 4 is 50.6 Å². The highest BCUT2D eigenvalue weighted by Crippen LogP contribution is 2.21. The molecule has 0 bridgehead atoms. The lowest BCUT2D eigenvalue weighted by molar-refractivity contribution is -0.119. The van der Waals surface area contributed by atoms with Gasteiger partial charge in [0.1, 0.15) is 4.88 Å². The number of rotatable bonds is 5. The summed E-state index contributed by atoms with van der Waals surface area (Å²) in [5, 5.41) is 2.63. The van der Waals surface area contributed by atoms with Gasteiger partial charge in [0.2, 0.25) is 0 Å². The van der Waals surface area contributed by atoms with E-state index in [1.165, 1.54) is 13.0 Å². The molecule has 2 rings (SSSR count). The minimum Gasteiger partial charge on any atom is -0.451 e. The minimum absolute atomic E-state index is 0.115. The van der Waals surface area contributed by atoms with Gasteiger partial charge in [-0.3, -0.25) is 9.59 Å². The molecule has 1 N–H and O–H groups in total. The topological polar surface area (TPSA) is 72.5 Å². The summed E-state index contributed by atoms with van der Waals surface area (Å²) in [7, 11) is 0. The molecule has 0 atom stereocenters. The van der Waals surface area contributed by atoms with Crippen LogP contribution in [-0.4, -0.2) is 24.3 Å². The molecule has 2 aromatic rings. The molecule has 1 aromatic heterocycles. The van der Waals surface area contributed by atoms with E-state index >= 15 is 0 Å². The highest BCUT2D eigenvalue weighted by Gasteiger charge is 2.14. The number of carbonyl (C=O) groups excluding carboxylic acids is 3. The number of hydrogen-bond acceptors (Lipinski definition) is 5. The molecule has 0 fully saturated rings. The van der Waals surface area contributed by atoms with Crippen LogP contribution in [0.25, 0.3) is 0 Å². The van der Waals surface area contributed by atoms with Crippen LogP contribution in [0.1, 0.15) is 26.3 Å². The Morgan fingerprint density at radius 3 is 2.45 bits per heavy atom. The van der Waals surface area contributed by atoms with Crippen molar-refractivity contribution in [1.82, 2.24) is 0 Å². The van der Waals surface area contributed by atoms with E-state index in [0.29, 0.717) is 15.4 Å². The Balaban J connectivity index is 1.89. The van der Waals surface area contributed by atoms with E-state index in [2.05, 4.69) is 21.2 Å². The second kappa shape index (κ2) is 7.33. The number of amides is 1. The third kappa shape index (κ3) is 4.25. The monoisotopic (exact) mass is 381 g/mol. The van der Waals surface area contributed by atoms with Gasteiger partial charge in [0.15, 0.2) is 12.4 Å². The van der Waals surface area contributed by atoms with Gasteiger partial charge in [-0.1, -0.05) is 12.1 Å². The number of halogens is 1. The molecule has 0 saturated heterocycles. The molecule has 0 saturated carbocycles. The third-order valence-electron chi connectivity index (χ3n) is 2.64. The molecule has 0 aliphatic carbocycles. The second-order valence-corrected chi connectivity index (χ2v) is 6.26. The highest BCUT2D eigenvalue weighted by atomic mass is 79.9. The summed E-state index contributed by atoms with van der Waals surface area (Å²) in [4.78, 5) is 35.5. The SMILES string of the molecule is CC(=O)c1ccc(C(=O)OCC(=O)Nc2ccccc2Br)s1. The van der Waals surface area contributed by atoms with Gasteiger partial charge in [-0.05, 0) is 47.1 Å². The Kier molecular flexibility index (Phi) is 5.46. The number of esters is 1. The van der Waals surface area contributed by atoms with Gasteiger partial charge in [-0.2, -0.15) is 0 Å². The molecule has 1 aromatic carbocycles. The number of nitrogens with one attached hydrogen (secondary N) is 1. The number of ketones is 1. The van der Waals surface area contributed by atoms with Crippen molar-refractivity contribution in [2.45, 2.75) is 6.92 Å². The summed E-state index contributed by atoms with van der Waals surface area (Å²) >= 11 is 4.35. The fourth-order valence-electron chi connectivity index (χ4n) is 1.59. The van der Waals surface area contributed by atoms with Crippen LogP contribution in [0.2, 0.25) is 0 Å². The summed E-state index contributed by atoms with van der Waals surface area (Å²) in [5.41, 5.74) is 0.596. The van der Waals surface area contributed by atoms with Crippen molar-refractivity contribution in [2.24, 2.45) is 0 Å². The first-order valence-corrected chi connectivity index (χ1v) is 7.90. The summed E-state index contributed by atoms with van der Waals surface area (Å²) in [5.74, 6) is -1.18. The van der Waals surface area contributed by atoms with E-state index < -0.39 is 18.5 Å². The number of Topliss-reactive ketones (excluding diaryl/α,β-unsaturated/α-hetero) is 1. The van der Waals surface area contributed by atoms with Gasteiger partial charge < -0.3 is 10.1 Å². The summed E-state index contributed by atoms with van der Waals surface area (Å²) < 4.78 is 5.66. The predicted octanol–water partition coefficient (Wildman–Crippen LogP) is 3.51. The molecule has 0 unspecified atom stereocenters. The molecule has 5 nitrogen and oxygen atoms in total. The zero-order valence-electron chi connectivity index (χ0n) is 11.6. The Bertz CT molecular complexity index is 726. The maximum Gasteiger partial charge on any atom is 0.348 e. The van der Waals surface area contributed by atoms with Crippen LogP contribution >= 0.6 is 27.3 Å². The number of thiophene rings is 1. The molecule has 7 heteroatoms. The number of hydrogen-bond donors (Lipinski definition) is 1. The van der Waals surface area contributed by atoms with Crippen LogP contribution in [0.3, 0.4) is 0 Å². The van der Waals surface area contributed by atoms with Crippen LogP contribution in [0.4, 0.5) is 5.69 Å². The normalized spacial score (nSPS) is 10.1. The number of benzene rings is 1. The Labute approximate surface area is 139 Å². The van der Waals surface area contributed by atoms with Crippen molar-refractivity contribution < 1.29 is 19.1 Å². The molecular formula is C15H12BrNO4S. The smallest absolute Gasteiger partial charge is 0.348 e. The quantitative estimate of drug-likeness (QED) is 0.635. The van der Waals surface area contributed by atoms with Crippen LogP contribution in [0, 0.1) is 0 Å². The van der Waals surface area contributed by atoms with E-state index in [1.807, 2.05) is 6.07 Å². The first-order chi connectivity index (χ1) is 10.5. The minimum atomic E-state index is -0.625. The molecule has 22 heavy (non-hydrogen) atoms. The second-order valence-electron chi connectivity index (χ2n) is 4.32. The lowest BCUT2D eigenvalue weighted by Crippen LogP contribution is -2.20. The molecule has 1 heterocycles. The largest absolute Gasteiger partial charge is 0.451 e. The number of anilines is 1. The van der Waals surface area contributed by atoms with E-state index in [-0.39, 0.29) is 5.78 Å². The van der Waals surface area contributed by atoms with Crippen molar-refractivity contribution in [1.29, 1.82) is 0 Å². The molecule has 1 amide bonds. The van der Waals surface area contributed by atoms with Gasteiger partial charge in [-0.15, -0.1) is 11.3 Å².